The molecule has 1 saturated carbocycles. The topological polar surface area (TPSA) is 49.3 Å². The SMILES string of the molecule is CC1(C)CC1C(=O)NCc1ccc(O)cc1. The van der Waals surface area contributed by atoms with E-state index >= 15 is 0 Å². The highest BCUT2D eigenvalue weighted by Crippen LogP contribution is 2.51. The van der Waals surface area contributed by atoms with Crippen molar-refractivity contribution in [3.05, 3.63) is 29.8 Å². The van der Waals surface area contributed by atoms with Crippen molar-refractivity contribution < 1.29 is 9.90 Å². The van der Waals surface area contributed by atoms with Crippen LogP contribution >= 0.6 is 0 Å². The van der Waals surface area contributed by atoms with Crippen LogP contribution in [0.5, 0.6) is 5.75 Å². The van der Waals surface area contributed by atoms with Gasteiger partial charge in [0.25, 0.3) is 0 Å². The molecule has 2 N–H and O–H groups in total. The molecule has 2 rings (SSSR count). The quantitative estimate of drug-likeness (QED) is 0.817. The Kier molecular flexibility index (Phi) is 2.62. The van der Waals surface area contributed by atoms with Crippen LogP contribution in [-0.2, 0) is 11.3 Å². The molecule has 0 saturated heterocycles. The van der Waals surface area contributed by atoms with E-state index in [9.17, 15) is 4.79 Å². The fourth-order valence-corrected chi connectivity index (χ4v) is 1.84. The third-order valence-corrected chi connectivity index (χ3v) is 3.23. The number of aromatic hydroxyl groups is 1. The Morgan fingerprint density at radius 1 is 1.44 bits per heavy atom. The molecule has 1 aromatic rings. The zero-order chi connectivity index (χ0) is 11.8. The lowest BCUT2D eigenvalue weighted by atomic mass is 10.1. The second kappa shape index (κ2) is 3.81. The van der Waals surface area contributed by atoms with Gasteiger partial charge in [0, 0.05) is 12.5 Å². The van der Waals surface area contributed by atoms with Gasteiger partial charge in [0.1, 0.15) is 5.75 Å². The Bertz CT molecular complexity index is 395. The van der Waals surface area contributed by atoms with Crippen molar-refractivity contribution in [1.29, 1.82) is 0 Å². The number of carbonyl (C=O) groups is 1. The molecule has 3 heteroatoms. The summed E-state index contributed by atoms with van der Waals surface area (Å²) in [4.78, 5) is 11.7. The first-order chi connectivity index (χ1) is 7.49. The summed E-state index contributed by atoms with van der Waals surface area (Å²) < 4.78 is 0. The van der Waals surface area contributed by atoms with Crippen molar-refractivity contribution in [3.8, 4) is 5.75 Å². The summed E-state index contributed by atoms with van der Waals surface area (Å²) >= 11 is 0. The molecule has 1 atom stereocenters. The number of hydrogen-bond donors (Lipinski definition) is 2. The van der Waals surface area contributed by atoms with Crippen molar-refractivity contribution >= 4 is 5.91 Å². The second-order valence-corrected chi connectivity index (χ2v) is 5.13. The molecule has 1 aromatic carbocycles. The number of hydrogen-bond acceptors (Lipinski definition) is 2. The van der Waals surface area contributed by atoms with E-state index in [0.29, 0.717) is 6.54 Å². The highest BCUT2D eigenvalue weighted by atomic mass is 16.3. The Hall–Kier alpha value is -1.51. The number of amides is 1. The Morgan fingerprint density at radius 3 is 2.50 bits per heavy atom. The molecule has 1 aliphatic carbocycles. The van der Waals surface area contributed by atoms with E-state index in [1.54, 1.807) is 12.1 Å². The van der Waals surface area contributed by atoms with Gasteiger partial charge < -0.3 is 10.4 Å². The maximum absolute atomic E-state index is 11.7. The van der Waals surface area contributed by atoms with Gasteiger partial charge in [-0.3, -0.25) is 4.79 Å². The predicted molar refractivity (Wildman–Crippen MR) is 61.8 cm³/mol. The molecular weight excluding hydrogens is 202 g/mol. The molecule has 0 radical (unpaired) electrons. The fourth-order valence-electron chi connectivity index (χ4n) is 1.84. The lowest BCUT2D eigenvalue weighted by Gasteiger charge is -2.06. The monoisotopic (exact) mass is 219 g/mol. The minimum Gasteiger partial charge on any atom is -0.508 e. The van der Waals surface area contributed by atoms with Crippen LogP contribution in [-0.4, -0.2) is 11.0 Å². The second-order valence-electron chi connectivity index (χ2n) is 5.13. The molecule has 16 heavy (non-hydrogen) atoms. The first-order valence-electron chi connectivity index (χ1n) is 5.55. The number of rotatable bonds is 3. The van der Waals surface area contributed by atoms with Crippen LogP contribution in [0.2, 0.25) is 0 Å². The zero-order valence-corrected chi connectivity index (χ0v) is 9.66. The maximum Gasteiger partial charge on any atom is 0.223 e. The van der Waals surface area contributed by atoms with E-state index in [1.165, 1.54) is 0 Å². The van der Waals surface area contributed by atoms with E-state index in [0.717, 1.165) is 12.0 Å². The van der Waals surface area contributed by atoms with Gasteiger partial charge in [0.15, 0.2) is 0 Å². The largest absolute Gasteiger partial charge is 0.508 e. The summed E-state index contributed by atoms with van der Waals surface area (Å²) in [6.07, 6.45) is 0.981. The average molecular weight is 219 g/mol. The Balaban J connectivity index is 1.84. The van der Waals surface area contributed by atoms with Gasteiger partial charge in [-0.2, -0.15) is 0 Å². The van der Waals surface area contributed by atoms with Gasteiger partial charge >= 0.3 is 0 Å². The molecule has 1 unspecified atom stereocenters. The molecule has 0 heterocycles. The molecule has 3 nitrogen and oxygen atoms in total. The van der Waals surface area contributed by atoms with Gasteiger partial charge in [0.2, 0.25) is 5.91 Å². The van der Waals surface area contributed by atoms with Crippen LogP contribution in [0.3, 0.4) is 0 Å². The van der Waals surface area contributed by atoms with Crippen LogP contribution in [0, 0.1) is 11.3 Å². The molecule has 1 aliphatic rings. The summed E-state index contributed by atoms with van der Waals surface area (Å²) in [5, 5.41) is 12.0. The standard InChI is InChI=1S/C13H17NO2/c1-13(2)7-11(13)12(16)14-8-9-3-5-10(15)6-4-9/h3-6,11,15H,7-8H2,1-2H3,(H,14,16). The van der Waals surface area contributed by atoms with Gasteiger partial charge in [-0.05, 0) is 29.5 Å². The van der Waals surface area contributed by atoms with E-state index in [-0.39, 0.29) is 23.0 Å². The average Bonchev–Trinajstić information content (AvgIpc) is 2.87. The number of benzene rings is 1. The van der Waals surface area contributed by atoms with E-state index in [2.05, 4.69) is 19.2 Å². The maximum atomic E-state index is 11.7. The van der Waals surface area contributed by atoms with E-state index < -0.39 is 0 Å². The van der Waals surface area contributed by atoms with Crippen LogP contribution in [0.4, 0.5) is 0 Å². The van der Waals surface area contributed by atoms with Crippen molar-refractivity contribution in [2.45, 2.75) is 26.8 Å². The van der Waals surface area contributed by atoms with Crippen LogP contribution in [0.25, 0.3) is 0 Å². The summed E-state index contributed by atoms with van der Waals surface area (Å²) in [6, 6.07) is 6.88. The lowest BCUT2D eigenvalue weighted by molar-refractivity contribution is -0.123. The van der Waals surface area contributed by atoms with Crippen molar-refractivity contribution in [3.63, 3.8) is 0 Å². The van der Waals surface area contributed by atoms with Crippen LogP contribution in [0.15, 0.2) is 24.3 Å². The summed E-state index contributed by atoms with van der Waals surface area (Å²) in [6.45, 7) is 4.75. The number of phenols is 1. The Labute approximate surface area is 95.5 Å². The molecule has 0 aromatic heterocycles. The minimum atomic E-state index is 0.137. The van der Waals surface area contributed by atoms with Gasteiger partial charge in [-0.25, -0.2) is 0 Å². The van der Waals surface area contributed by atoms with Crippen LogP contribution < -0.4 is 5.32 Å². The third-order valence-electron chi connectivity index (χ3n) is 3.23. The lowest BCUT2D eigenvalue weighted by Crippen LogP contribution is -2.25. The highest BCUT2D eigenvalue weighted by Gasteiger charge is 2.50. The molecule has 0 bridgehead atoms. The zero-order valence-electron chi connectivity index (χ0n) is 9.66. The Morgan fingerprint density at radius 2 is 2.00 bits per heavy atom. The minimum absolute atomic E-state index is 0.137. The number of carbonyl (C=O) groups excluding carboxylic acids is 1. The van der Waals surface area contributed by atoms with Crippen molar-refractivity contribution in [2.75, 3.05) is 0 Å². The molecule has 1 fully saturated rings. The molecule has 86 valence electrons. The summed E-state index contributed by atoms with van der Waals surface area (Å²) in [5.74, 6) is 0.557. The molecular formula is C13H17NO2. The number of nitrogens with one attached hydrogen (secondary N) is 1. The summed E-state index contributed by atoms with van der Waals surface area (Å²) in [5.41, 5.74) is 1.18. The first-order valence-corrected chi connectivity index (χ1v) is 5.55. The van der Waals surface area contributed by atoms with Gasteiger partial charge in [0.05, 0.1) is 0 Å². The smallest absolute Gasteiger partial charge is 0.223 e. The summed E-state index contributed by atoms with van der Waals surface area (Å²) in [7, 11) is 0. The number of phenolic OH excluding ortho intramolecular Hbond substituents is 1. The molecule has 1 amide bonds. The first kappa shape index (κ1) is 11.0. The van der Waals surface area contributed by atoms with E-state index in [1.807, 2.05) is 12.1 Å². The van der Waals surface area contributed by atoms with Crippen LogP contribution in [0.1, 0.15) is 25.8 Å². The molecule has 0 spiro atoms. The normalized spacial score (nSPS) is 21.5. The van der Waals surface area contributed by atoms with Crippen molar-refractivity contribution in [2.24, 2.45) is 11.3 Å². The fraction of sp³-hybridized carbons (Fsp3) is 0.462. The van der Waals surface area contributed by atoms with Crippen molar-refractivity contribution in [1.82, 2.24) is 5.32 Å². The van der Waals surface area contributed by atoms with E-state index in [4.69, 9.17) is 5.11 Å². The van der Waals surface area contributed by atoms with Gasteiger partial charge in [-0.15, -0.1) is 0 Å². The predicted octanol–water partition coefficient (Wildman–Crippen LogP) is 2.05. The van der Waals surface area contributed by atoms with Gasteiger partial charge in [-0.1, -0.05) is 26.0 Å². The highest BCUT2D eigenvalue weighted by molar-refractivity contribution is 5.82. The third kappa shape index (κ3) is 2.35. The molecule has 0 aliphatic heterocycles.